The van der Waals surface area contributed by atoms with Crippen molar-refractivity contribution in [2.75, 3.05) is 0 Å². The first-order valence-electron chi connectivity index (χ1n) is 4.36. The number of halogens is 2. The third kappa shape index (κ3) is 2.37. The van der Waals surface area contributed by atoms with Gasteiger partial charge in [-0.3, -0.25) is 4.79 Å². The first-order valence-corrected chi connectivity index (χ1v) is 4.36. The van der Waals surface area contributed by atoms with Crippen LogP contribution in [0.4, 0.5) is 8.78 Å². The zero-order chi connectivity index (χ0) is 10.7. The van der Waals surface area contributed by atoms with Gasteiger partial charge in [0.05, 0.1) is 0 Å². The Morgan fingerprint density at radius 1 is 1.50 bits per heavy atom. The largest absolute Gasteiger partial charge is 0.270 e. The van der Waals surface area contributed by atoms with Gasteiger partial charge in [0.2, 0.25) is 0 Å². The van der Waals surface area contributed by atoms with Crippen molar-refractivity contribution < 1.29 is 8.78 Å². The van der Waals surface area contributed by atoms with Gasteiger partial charge in [-0.15, -0.1) is 0 Å². The van der Waals surface area contributed by atoms with Crippen LogP contribution in [0.25, 0.3) is 0 Å². The van der Waals surface area contributed by atoms with Crippen molar-refractivity contribution in [1.82, 2.24) is 9.78 Å². The smallest absolute Gasteiger partial charge is 0.267 e. The number of aromatic nitrogens is 2. The lowest BCUT2D eigenvalue weighted by Crippen LogP contribution is -2.28. The Labute approximate surface area is 80.4 Å². The summed E-state index contributed by atoms with van der Waals surface area (Å²) < 4.78 is 24.9. The fraction of sp³-hybridized carbons (Fsp3) is 0.556. The van der Waals surface area contributed by atoms with Crippen LogP contribution in [-0.4, -0.2) is 16.2 Å². The Bertz CT molecular complexity index is 360. The summed E-state index contributed by atoms with van der Waals surface area (Å²) in [5.74, 6) is 0.0226. The summed E-state index contributed by atoms with van der Waals surface area (Å²) in [4.78, 5) is 11.5. The van der Waals surface area contributed by atoms with Crippen LogP contribution in [0.1, 0.15) is 25.3 Å². The van der Waals surface area contributed by atoms with Crippen molar-refractivity contribution in [3.63, 3.8) is 0 Å². The first kappa shape index (κ1) is 10.8. The standard InChI is InChI=1S/C9H12F2N2O/c1-6(2)7-3-4-12-13(9(7)14)5-8(10)11/h3-4,6,8H,5H2,1-2H3. The van der Waals surface area contributed by atoms with Crippen molar-refractivity contribution in [3.8, 4) is 0 Å². The molecule has 0 radical (unpaired) electrons. The van der Waals surface area contributed by atoms with Gasteiger partial charge in [0.25, 0.3) is 12.0 Å². The molecule has 0 N–H and O–H groups in total. The van der Waals surface area contributed by atoms with Gasteiger partial charge in [0.15, 0.2) is 0 Å². The highest BCUT2D eigenvalue weighted by molar-refractivity contribution is 5.11. The van der Waals surface area contributed by atoms with Crippen molar-refractivity contribution in [2.45, 2.75) is 32.7 Å². The molecule has 1 aromatic heterocycles. The minimum atomic E-state index is -2.55. The molecule has 0 saturated heterocycles. The van der Waals surface area contributed by atoms with Gasteiger partial charge in [-0.2, -0.15) is 5.10 Å². The molecule has 0 atom stereocenters. The molecule has 0 saturated carbocycles. The molecule has 0 spiro atoms. The van der Waals surface area contributed by atoms with E-state index in [2.05, 4.69) is 5.10 Å². The Balaban J connectivity index is 3.08. The van der Waals surface area contributed by atoms with Gasteiger partial charge < -0.3 is 0 Å². The maximum absolute atomic E-state index is 12.0. The molecule has 0 amide bonds. The summed E-state index contributed by atoms with van der Waals surface area (Å²) in [5, 5.41) is 3.59. The highest BCUT2D eigenvalue weighted by Crippen LogP contribution is 2.07. The van der Waals surface area contributed by atoms with Crippen LogP contribution >= 0.6 is 0 Å². The van der Waals surface area contributed by atoms with Crippen molar-refractivity contribution >= 4 is 0 Å². The molecule has 0 aliphatic rings. The van der Waals surface area contributed by atoms with Crippen LogP contribution in [0, 0.1) is 0 Å². The average molecular weight is 202 g/mol. The van der Waals surface area contributed by atoms with Crippen molar-refractivity contribution in [2.24, 2.45) is 0 Å². The van der Waals surface area contributed by atoms with Gasteiger partial charge in [0.1, 0.15) is 6.54 Å². The molecule has 0 aromatic carbocycles. The van der Waals surface area contributed by atoms with Crippen LogP contribution in [0.5, 0.6) is 0 Å². The maximum atomic E-state index is 12.0. The van der Waals surface area contributed by atoms with Gasteiger partial charge in [-0.25, -0.2) is 13.5 Å². The molecule has 0 bridgehead atoms. The third-order valence-corrected chi connectivity index (χ3v) is 1.87. The van der Waals surface area contributed by atoms with E-state index in [0.29, 0.717) is 5.56 Å². The minimum Gasteiger partial charge on any atom is -0.267 e. The zero-order valence-corrected chi connectivity index (χ0v) is 8.08. The first-order chi connectivity index (χ1) is 6.52. The molecule has 0 fully saturated rings. The van der Waals surface area contributed by atoms with Crippen LogP contribution in [0.3, 0.4) is 0 Å². The second-order valence-electron chi connectivity index (χ2n) is 3.32. The summed E-state index contributed by atoms with van der Waals surface area (Å²) in [6.45, 7) is 3.03. The van der Waals surface area contributed by atoms with E-state index >= 15 is 0 Å². The minimum absolute atomic E-state index is 0.0226. The molecule has 0 unspecified atom stereocenters. The molecule has 1 aromatic rings. The normalized spacial score (nSPS) is 11.3. The Hall–Kier alpha value is -1.26. The number of rotatable bonds is 3. The predicted octanol–water partition coefficient (Wildman–Crippen LogP) is 1.63. The zero-order valence-electron chi connectivity index (χ0n) is 8.08. The molecule has 78 valence electrons. The summed E-state index contributed by atoms with van der Waals surface area (Å²) in [6, 6.07) is 1.56. The summed E-state index contributed by atoms with van der Waals surface area (Å²) >= 11 is 0. The van der Waals surface area contributed by atoms with E-state index in [9.17, 15) is 13.6 Å². The lowest BCUT2D eigenvalue weighted by molar-refractivity contribution is 0.119. The van der Waals surface area contributed by atoms with Crippen LogP contribution in [-0.2, 0) is 6.54 Å². The predicted molar refractivity (Wildman–Crippen MR) is 48.6 cm³/mol. The van der Waals surface area contributed by atoms with E-state index in [1.54, 1.807) is 6.07 Å². The number of hydrogen-bond donors (Lipinski definition) is 0. The van der Waals surface area contributed by atoms with Gasteiger partial charge in [-0.1, -0.05) is 13.8 Å². The molecular formula is C9H12F2N2O. The van der Waals surface area contributed by atoms with Gasteiger partial charge in [0, 0.05) is 11.8 Å². The molecular weight excluding hydrogens is 190 g/mol. The fourth-order valence-electron chi connectivity index (χ4n) is 1.17. The number of alkyl halides is 2. The summed E-state index contributed by atoms with van der Waals surface area (Å²) in [6.07, 6.45) is -1.18. The molecule has 5 heteroatoms. The average Bonchev–Trinajstić information content (AvgIpc) is 2.07. The molecule has 3 nitrogen and oxygen atoms in total. The highest BCUT2D eigenvalue weighted by Gasteiger charge is 2.11. The van der Waals surface area contributed by atoms with Crippen molar-refractivity contribution in [1.29, 1.82) is 0 Å². The summed E-state index contributed by atoms with van der Waals surface area (Å²) in [5.41, 5.74) is 0.0865. The van der Waals surface area contributed by atoms with E-state index < -0.39 is 18.5 Å². The second-order valence-corrected chi connectivity index (χ2v) is 3.32. The summed E-state index contributed by atoms with van der Waals surface area (Å²) in [7, 11) is 0. The SMILES string of the molecule is CC(C)c1ccnn(CC(F)F)c1=O. The lowest BCUT2D eigenvalue weighted by atomic mass is 10.1. The molecule has 0 aliphatic carbocycles. The van der Waals surface area contributed by atoms with E-state index in [0.717, 1.165) is 4.68 Å². The molecule has 0 aliphatic heterocycles. The van der Waals surface area contributed by atoms with Gasteiger partial charge in [-0.05, 0) is 12.0 Å². The molecule has 1 rings (SSSR count). The Morgan fingerprint density at radius 2 is 2.14 bits per heavy atom. The van der Waals surface area contributed by atoms with E-state index in [-0.39, 0.29) is 5.92 Å². The van der Waals surface area contributed by atoms with Crippen molar-refractivity contribution in [3.05, 3.63) is 28.2 Å². The van der Waals surface area contributed by atoms with E-state index in [1.807, 2.05) is 13.8 Å². The Kier molecular flexibility index (Phi) is 3.33. The van der Waals surface area contributed by atoms with E-state index in [1.165, 1.54) is 6.20 Å². The van der Waals surface area contributed by atoms with Crippen LogP contribution in [0.15, 0.2) is 17.1 Å². The number of hydrogen-bond acceptors (Lipinski definition) is 2. The fourth-order valence-corrected chi connectivity index (χ4v) is 1.17. The van der Waals surface area contributed by atoms with E-state index in [4.69, 9.17) is 0 Å². The van der Waals surface area contributed by atoms with Gasteiger partial charge >= 0.3 is 0 Å². The number of nitrogens with zero attached hydrogens (tertiary/aromatic N) is 2. The second kappa shape index (κ2) is 4.30. The van der Waals surface area contributed by atoms with Crippen LogP contribution < -0.4 is 5.56 Å². The highest BCUT2D eigenvalue weighted by atomic mass is 19.3. The monoisotopic (exact) mass is 202 g/mol. The quantitative estimate of drug-likeness (QED) is 0.746. The topological polar surface area (TPSA) is 34.9 Å². The molecule has 1 heterocycles. The lowest BCUT2D eigenvalue weighted by Gasteiger charge is -2.07. The molecule has 14 heavy (non-hydrogen) atoms. The Morgan fingerprint density at radius 3 is 2.64 bits per heavy atom. The maximum Gasteiger partial charge on any atom is 0.270 e. The third-order valence-electron chi connectivity index (χ3n) is 1.87. The van der Waals surface area contributed by atoms with Crippen LogP contribution in [0.2, 0.25) is 0 Å².